The molecule has 0 saturated carbocycles. The highest BCUT2D eigenvalue weighted by Crippen LogP contribution is 2.44. The van der Waals surface area contributed by atoms with Gasteiger partial charge in [-0.2, -0.15) is 0 Å². The summed E-state index contributed by atoms with van der Waals surface area (Å²) in [5, 5.41) is 3.86. The Bertz CT molecular complexity index is 394. The van der Waals surface area contributed by atoms with Crippen LogP contribution in [-0.2, 0) is 9.53 Å². The van der Waals surface area contributed by atoms with Crippen LogP contribution in [-0.4, -0.2) is 34.3 Å². The Labute approximate surface area is 105 Å². The molecule has 5 heteroatoms. The van der Waals surface area contributed by atoms with E-state index in [1.165, 1.54) is 0 Å². The number of hydrogen-bond donors (Lipinski definition) is 1. The van der Waals surface area contributed by atoms with E-state index in [-0.39, 0.29) is 11.5 Å². The molecule has 92 valence electrons. The number of nitrogens with one attached hydrogen (secondary N) is 1. The van der Waals surface area contributed by atoms with Crippen LogP contribution in [0.4, 0.5) is 0 Å². The smallest absolute Gasteiger partial charge is 0.356 e. The summed E-state index contributed by atoms with van der Waals surface area (Å²) in [5.74, 6) is -0.210. The summed E-state index contributed by atoms with van der Waals surface area (Å²) in [5.41, 5.74) is 0.899. The summed E-state index contributed by atoms with van der Waals surface area (Å²) >= 11 is 1.91. The number of ether oxygens (including phenoxy) is 1. The quantitative estimate of drug-likeness (QED) is 0.594. The van der Waals surface area contributed by atoms with Gasteiger partial charge >= 0.3 is 5.97 Å². The summed E-state index contributed by atoms with van der Waals surface area (Å²) < 4.78 is 5.10. The Morgan fingerprint density at radius 3 is 3.24 bits per heavy atom. The average molecular weight is 252 g/mol. The summed E-state index contributed by atoms with van der Waals surface area (Å²) in [4.78, 5) is 14.1. The lowest BCUT2D eigenvalue weighted by atomic mass is 10.00. The summed E-state index contributed by atoms with van der Waals surface area (Å²) in [6.07, 6.45) is 8.37. The summed E-state index contributed by atoms with van der Waals surface area (Å²) in [7, 11) is 0. The van der Waals surface area contributed by atoms with Crippen molar-refractivity contribution in [1.82, 2.24) is 10.2 Å². The van der Waals surface area contributed by atoms with Gasteiger partial charge < -0.3 is 15.0 Å². The van der Waals surface area contributed by atoms with Crippen LogP contribution in [0.1, 0.15) is 19.8 Å². The van der Waals surface area contributed by atoms with Gasteiger partial charge in [-0.25, -0.2) is 4.79 Å². The maximum absolute atomic E-state index is 11.9. The van der Waals surface area contributed by atoms with Crippen molar-refractivity contribution in [3.8, 4) is 0 Å². The first kappa shape index (κ1) is 11.0. The minimum absolute atomic E-state index is 0.210. The van der Waals surface area contributed by atoms with E-state index in [2.05, 4.69) is 22.4 Å². The zero-order valence-corrected chi connectivity index (χ0v) is 10.6. The molecule has 1 N–H and O–H groups in total. The SMILES string of the molecule is CCOC(=O)C1=CNC2SC3CC=CCC3N12. The normalized spacial score (nSPS) is 33.8. The van der Waals surface area contributed by atoms with Crippen LogP contribution in [0.15, 0.2) is 24.0 Å². The van der Waals surface area contributed by atoms with Crippen molar-refractivity contribution in [3.63, 3.8) is 0 Å². The van der Waals surface area contributed by atoms with Crippen molar-refractivity contribution in [3.05, 3.63) is 24.0 Å². The van der Waals surface area contributed by atoms with E-state index >= 15 is 0 Å². The number of fused-ring (bicyclic) bond motifs is 3. The molecule has 0 bridgehead atoms. The van der Waals surface area contributed by atoms with Gasteiger partial charge in [-0.3, -0.25) is 0 Å². The molecule has 3 atom stereocenters. The molecule has 3 rings (SSSR count). The monoisotopic (exact) mass is 252 g/mol. The van der Waals surface area contributed by atoms with Gasteiger partial charge in [0, 0.05) is 17.5 Å². The Kier molecular flexibility index (Phi) is 2.78. The summed E-state index contributed by atoms with van der Waals surface area (Å²) in [6, 6.07) is 0.431. The van der Waals surface area contributed by atoms with Gasteiger partial charge in [0.25, 0.3) is 0 Å². The second kappa shape index (κ2) is 4.29. The van der Waals surface area contributed by atoms with Gasteiger partial charge in [0.15, 0.2) is 0 Å². The zero-order chi connectivity index (χ0) is 11.8. The average Bonchev–Trinajstić information content (AvgIpc) is 2.87. The maximum Gasteiger partial charge on any atom is 0.356 e. The van der Waals surface area contributed by atoms with Crippen LogP contribution in [0.5, 0.6) is 0 Å². The molecule has 4 nitrogen and oxygen atoms in total. The lowest BCUT2D eigenvalue weighted by molar-refractivity contribution is -0.140. The van der Waals surface area contributed by atoms with E-state index in [9.17, 15) is 4.79 Å². The van der Waals surface area contributed by atoms with Crippen LogP contribution in [0.3, 0.4) is 0 Å². The largest absolute Gasteiger partial charge is 0.461 e. The molecule has 0 aromatic rings. The summed E-state index contributed by atoms with van der Waals surface area (Å²) in [6.45, 7) is 2.26. The van der Waals surface area contributed by atoms with E-state index in [1.54, 1.807) is 6.20 Å². The molecule has 1 fully saturated rings. The van der Waals surface area contributed by atoms with E-state index < -0.39 is 0 Å². The Morgan fingerprint density at radius 1 is 1.59 bits per heavy atom. The minimum Gasteiger partial charge on any atom is -0.461 e. The number of nitrogens with zero attached hydrogens (tertiary/aromatic N) is 1. The van der Waals surface area contributed by atoms with Crippen LogP contribution < -0.4 is 5.32 Å². The van der Waals surface area contributed by atoms with E-state index in [0.29, 0.717) is 23.6 Å². The number of rotatable bonds is 2. The standard InChI is InChI=1S/C12H16N2O2S/c1-2-16-11(15)9-7-13-12-14(9)8-5-3-4-6-10(8)17-12/h3-4,7-8,10,12-13H,2,5-6H2,1H3. The molecular weight excluding hydrogens is 236 g/mol. The van der Waals surface area contributed by atoms with Gasteiger partial charge in [-0.15, -0.1) is 11.8 Å². The number of esters is 1. The van der Waals surface area contributed by atoms with Crippen molar-refractivity contribution in [2.24, 2.45) is 0 Å². The Hall–Kier alpha value is -1.10. The van der Waals surface area contributed by atoms with Crippen molar-refractivity contribution in [2.45, 2.75) is 36.6 Å². The van der Waals surface area contributed by atoms with Gasteiger partial charge in [0.1, 0.15) is 11.2 Å². The number of thioether (sulfide) groups is 1. The third-order valence-corrected chi connectivity index (χ3v) is 4.86. The molecule has 1 saturated heterocycles. The first-order chi connectivity index (χ1) is 8.31. The number of carbonyl (C=O) groups excluding carboxylic acids is 1. The second-order valence-corrected chi connectivity index (χ2v) is 5.69. The van der Waals surface area contributed by atoms with Gasteiger partial charge in [-0.1, -0.05) is 12.2 Å². The highest BCUT2D eigenvalue weighted by Gasteiger charge is 2.46. The molecule has 1 aliphatic carbocycles. The second-order valence-electron chi connectivity index (χ2n) is 4.36. The first-order valence-corrected chi connectivity index (χ1v) is 6.97. The molecule has 2 heterocycles. The van der Waals surface area contributed by atoms with Crippen LogP contribution in [0.25, 0.3) is 0 Å². The molecule has 0 spiro atoms. The maximum atomic E-state index is 11.9. The van der Waals surface area contributed by atoms with Crippen molar-refractivity contribution >= 4 is 17.7 Å². The van der Waals surface area contributed by atoms with Crippen LogP contribution in [0.2, 0.25) is 0 Å². The molecule has 0 radical (unpaired) electrons. The topological polar surface area (TPSA) is 41.6 Å². The highest BCUT2D eigenvalue weighted by molar-refractivity contribution is 8.00. The molecule has 0 aromatic heterocycles. The predicted octanol–water partition coefficient (Wildman–Crippen LogP) is 1.41. The van der Waals surface area contributed by atoms with Gasteiger partial charge in [-0.05, 0) is 19.8 Å². The van der Waals surface area contributed by atoms with E-state index in [4.69, 9.17) is 4.74 Å². The molecule has 3 aliphatic rings. The highest BCUT2D eigenvalue weighted by atomic mass is 32.2. The third kappa shape index (κ3) is 1.73. The molecular formula is C12H16N2O2S. The third-order valence-electron chi connectivity index (χ3n) is 3.38. The van der Waals surface area contributed by atoms with Gasteiger partial charge in [0.05, 0.1) is 6.61 Å². The first-order valence-electron chi connectivity index (χ1n) is 6.03. The fraction of sp³-hybridized carbons (Fsp3) is 0.583. The number of allylic oxidation sites excluding steroid dienone is 1. The zero-order valence-electron chi connectivity index (χ0n) is 9.76. The Morgan fingerprint density at radius 2 is 2.41 bits per heavy atom. The lowest BCUT2D eigenvalue weighted by Gasteiger charge is -2.29. The van der Waals surface area contributed by atoms with Crippen LogP contribution >= 0.6 is 11.8 Å². The Balaban J connectivity index is 1.80. The fourth-order valence-corrected chi connectivity index (χ4v) is 4.16. The molecule has 0 amide bonds. The van der Waals surface area contributed by atoms with E-state index in [0.717, 1.165) is 12.8 Å². The van der Waals surface area contributed by atoms with Gasteiger partial charge in [0.2, 0.25) is 0 Å². The fourth-order valence-electron chi connectivity index (χ4n) is 2.64. The van der Waals surface area contributed by atoms with E-state index in [1.807, 2.05) is 18.7 Å². The number of carbonyl (C=O) groups is 1. The van der Waals surface area contributed by atoms with Crippen molar-refractivity contribution in [1.29, 1.82) is 0 Å². The minimum atomic E-state index is -0.210. The lowest BCUT2D eigenvalue weighted by Crippen LogP contribution is -2.40. The van der Waals surface area contributed by atoms with Crippen LogP contribution in [0, 0.1) is 0 Å². The molecule has 3 unspecified atom stereocenters. The van der Waals surface area contributed by atoms with Crippen molar-refractivity contribution in [2.75, 3.05) is 6.61 Å². The molecule has 2 aliphatic heterocycles. The molecule has 0 aromatic carbocycles. The number of hydrogen-bond acceptors (Lipinski definition) is 5. The predicted molar refractivity (Wildman–Crippen MR) is 67.0 cm³/mol. The molecule has 17 heavy (non-hydrogen) atoms. The van der Waals surface area contributed by atoms with Crippen molar-refractivity contribution < 1.29 is 9.53 Å².